The Hall–Kier alpha value is -7.95. The highest BCUT2D eigenvalue weighted by Crippen LogP contribution is 2.41. The molecule has 0 amide bonds. The van der Waals surface area contributed by atoms with Gasteiger partial charge in [0.1, 0.15) is 11.2 Å². The molecule has 0 N–H and O–H groups in total. The van der Waals surface area contributed by atoms with E-state index in [0.717, 1.165) is 44.9 Å². The maximum atomic E-state index is 14.2. The average molecular weight is 964 g/mol. The highest BCUT2D eigenvalue weighted by Gasteiger charge is 2.23. The molecular weight excluding hydrogens is 899 g/mol. The van der Waals surface area contributed by atoms with Crippen LogP contribution in [0.3, 0.4) is 0 Å². The lowest BCUT2D eigenvalue weighted by Gasteiger charge is -2.28. The highest BCUT2D eigenvalue weighted by atomic mass is 16.4. The maximum absolute atomic E-state index is 14.2. The van der Waals surface area contributed by atoms with Gasteiger partial charge in [-0.1, -0.05) is 132 Å². The summed E-state index contributed by atoms with van der Waals surface area (Å²) in [5.41, 5.74) is 12.6. The fourth-order valence-corrected chi connectivity index (χ4v) is 9.41. The van der Waals surface area contributed by atoms with Crippen LogP contribution in [0.4, 0.5) is 34.1 Å². The standard InChI is InChI=1S/C66H65N3O4/c1-63(2,3)47-15-25-51(26-16-47)68(52-27-17-48(18-28-52)64(4,5)6)55-23-13-43-38-57(61(70)72-59(43)40-55)45-35-42(33-34-67)36-46(37-45)58-39-44-14-24-56(41-60(44)73-62(58)71)69(53-29-19-49(20-30-53)65(7,8)9)54-31-21-50(22-32-54)66(10,11)12/h13-32,35-41H,33H2,1-12H3. The van der Waals surface area contributed by atoms with Gasteiger partial charge in [-0.3, -0.25) is 0 Å². The zero-order valence-electron chi connectivity index (χ0n) is 44.3. The van der Waals surface area contributed by atoms with Gasteiger partial charge < -0.3 is 18.6 Å². The molecule has 0 radical (unpaired) electrons. The molecule has 9 aromatic rings. The van der Waals surface area contributed by atoms with Gasteiger partial charge in [0, 0.05) is 57.0 Å². The lowest BCUT2D eigenvalue weighted by Crippen LogP contribution is -2.14. The third-order valence-electron chi connectivity index (χ3n) is 13.8. The molecule has 7 aromatic carbocycles. The molecule has 73 heavy (non-hydrogen) atoms. The van der Waals surface area contributed by atoms with Crippen LogP contribution < -0.4 is 21.1 Å². The van der Waals surface area contributed by atoms with E-state index in [1.165, 1.54) is 22.3 Å². The van der Waals surface area contributed by atoms with Crippen LogP contribution in [0.5, 0.6) is 0 Å². The highest BCUT2D eigenvalue weighted by molar-refractivity contribution is 5.91. The summed E-state index contributed by atoms with van der Waals surface area (Å²) in [6.07, 6.45) is 0.0674. The van der Waals surface area contributed by atoms with Gasteiger partial charge >= 0.3 is 11.3 Å². The maximum Gasteiger partial charge on any atom is 0.344 e. The molecule has 0 aliphatic rings. The number of fused-ring (bicyclic) bond motifs is 2. The van der Waals surface area contributed by atoms with Gasteiger partial charge in [-0.15, -0.1) is 0 Å². The third kappa shape index (κ3) is 10.5. The van der Waals surface area contributed by atoms with Crippen molar-refractivity contribution in [2.45, 2.75) is 111 Å². The van der Waals surface area contributed by atoms with Crippen molar-refractivity contribution in [2.24, 2.45) is 0 Å². The van der Waals surface area contributed by atoms with E-state index in [-0.39, 0.29) is 28.1 Å². The van der Waals surface area contributed by atoms with Gasteiger partial charge in [0.05, 0.1) is 23.6 Å². The quantitative estimate of drug-likeness (QED) is 0.133. The molecule has 0 fully saturated rings. The first-order valence-electron chi connectivity index (χ1n) is 25.1. The zero-order valence-corrected chi connectivity index (χ0v) is 44.3. The summed E-state index contributed by atoms with van der Waals surface area (Å²) in [5, 5.41) is 11.3. The minimum absolute atomic E-state index is 0.00670. The van der Waals surface area contributed by atoms with Crippen molar-refractivity contribution in [3.8, 4) is 28.3 Å². The van der Waals surface area contributed by atoms with Gasteiger partial charge in [0.25, 0.3) is 0 Å². The lowest BCUT2D eigenvalue weighted by atomic mass is 9.86. The fourth-order valence-electron chi connectivity index (χ4n) is 9.41. The molecule has 0 atom stereocenters. The van der Waals surface area contributed by atoms with Crippen molar-refractivity contribution >= 4 is 56.1 Å². The average Bonchev–Trinajstić information content (AvgIpc) is 3.33. The van der Waals surface area contributed by atoms with Crippen molar-refractivity contribution in [1.29, 1.82) is 5.26 Å². The van der Waals surface area contributed by atoms with Crippen LogP contribution >= 0.6 is 0 Å². The molecule has 2 heterocycles. The summed E-state index contributed by atoms with van der Waals surface area (Å²) < 4.78 is 12.3. The summed E-state index contributed by atoms with van der Waals surface area (Å²) in [6.45, 7) is 26.5. The van der Waals surface area contributed by atoms with E-state index >= 15 is 0 Å². The molecular formula is C66H65N3O4. The number of hydrogen-bond donors (Lipinski definition) is 0. The summed E-state index contributed by atoms with van der Waals surface area (Å²) >= 11 is 0. The second-order valence-electron chi connectivity index (χ2n) is 23.5. The van der Waals surface area contributed by atoms with Crippen molar-refractivity contribution < 1.29 is 8.83 Å². The lowest BCUT2D eigenvalue weighted by molar-refractivity contribution is 0.563. The van der Waals surface area contributed by atoms with E-state index in [4.69, 9.17) is 8.83 Å². The molecule has 7 nitrogen and oxygen atoms in total. The number of benzene rings is 7. The molecule has 0 saturated carbocycles. The minimum atomic E-state index is -0.538. The van der Waals surface area contributed by atoms with Crippen LogP contribution in [0.2, 0.25) is 0 Å². The van der Waals surface area contributed by atoms with Crippen molar-refractivity contribution in [3.05, 3.63) is 212 Å². The number of anilines is 6. The Kier molecular flexibility index (Phi) is 13.0. The Bertz CT molecular complexity index is 3310. The van der Waals surface area contributed by atoms with E-state index in [9.17, 15) is 14.9 Å². The van der Waals surface area contributed by atoms with Crippen LogP contribution in [0, 0.1) is 11.3 Å². The molecule has 0 aliphatic heterocycles. The predicted octanol–water partition coefficient (Wildman–Crippen LogP) is 17.4. The topological polar surface area (TPSA) is 90.7 Å². The first-order chi connectivity index (χ1) is 34.4. The Morgan fingerprint density at radius 1 is 0.384 bits per heavy atom. The molecule has 9 rings (SSSR count). The monoisotopic (exact) mass is 963 g/mol. The summed E-state index contributed by atoms with van der Waals surface area (Å²) in [4.78, 5) is 32.7. The number of rotatable bonds is 9. The van der Waals surface area contributed by atoms with E-state index in [2.05, 4.69) is 196 Å². The normalized spacial score (nSPS) is 12.3. The van der Waals surface area contributed by atoms with Crippen LogP contribution in [0.25, 0.3) is 44.2 Å². The van der Waals surface area contributed by atoms with E-state index < -0.39 is 11.3 Å². The molecule has 368 valence electrons. The van der Waals surface area contributed by atoms with Crippen LogP contribution in [0.1, 0.15) is 111 Å². The first kappa shape index (κ1) is 50.0. The van der Waals surface area contributed by atoms with Gasteiger partial charge in [0.2, 0.25) is 0 Å². The van der Waals surface area contributed by atoms with Gasteiger partial charge in [-0.05, 0) is 164 Å². The van der Waals surface area contributed by atoms with E-state index in [1.54, 1.807) is 6.07 Å². The molecule has 2 aromatic heterocycles. The van der Waals surface area contributed by atoms with Crippen LogP contribution in [-0.2, 0) is 28.1 Å². The Morgan fingerprint density at radius 3 is 0.945 bits per heavy atom. The number of nitriles is 1. The molecule has 0 bridgehead atoms. The Balaban J connectivity index is 1.09. The van der Waals surface area contributed by atoms with Crippen molar-refractivity contribution in [3.63, 3.8) is 0 Å². The minimum Gasteiger partial charge on any atom is -0.422 e. The van der Waals surface area contributed by atoms with E-state index in [0.29, 0.717) is 39.0 Å². The molecule has 0 unspecified atom stereocenters. The molecule has 0 spiro atoms. The number of nitrogens with zero attached hydrogens (tertiary/aromatic N) is 3. The predicted molar refractivity (Wildman–Crippen MR) is 303 cm³/mol. The van der Waals surface area contributed by atoms with Gasteiger partial charge in [-0.25, -0.2) is 9.59 Å². The smallest absolute Gasteiger partial charge is 0.344 e. The Labute approximate surface area is 430 Å². The molecule has 0 aliphatic carbocycles. The second kappa shape index (κ2) is 18.9. The summed E-state index contributed by atoms with van der Waals surface area (Å²) in [6, 6.07) is 57.6. The van der Waals surface area contributed by atoms with Crippen molar-refractivity contribution in [1.82, 2.24) is 0 Å². The Morgan fingerprint density at radius 2 is 0.671 bits per heavy atom. The fraction of sp³-hybridized carbons (Fsp3) is 0.258. The zero-order chi connectivity index (χ0) is 52.2. The molecule has 0 saturated heterocycles. The first-order valence-corrected chi connectivity index (χ1v) is 25.1. The summed E-state index contributed by atoms with van der Waals surface area (Å²) in [7, 11) is 0. The second-order valence-corrected chi connectivity index (χ2v) is 23.5. The van der Waals surface area contributed by atoms with Gasteiger partial charge in [0.15, 0.2) is 0 Å². The largest absolute Gasteiger partial charge is 0.422 e. The van der Waals surface area contributed by atoms with Crippen LogP contribution in [-0.4, -0.2) is 0 Å². The SMILES string of the molecule is CC(C)(C)c1ccc(N(c2ccc(C(C)(C)C)cc2)c2ccc3cc(-c4cc(CC#N)cc(-c5cc6ccc(N(c7ccc(C(C)(C)C)cc7)c7ccc(C(C)(C)C)cc7)cc6oc5=O)c4)c(=O)oc3c2)cc1. The van der Waals surface area contributed by atoms with Crippen molar-refractivity contribution in [2.75, 3.05) is 9.80 Å². The summed E-state index contributed by atoms with van der Waals surface area (Å²) in [5.74, 6) is 0. The van der Waals surface area contributed by atoms with Gasteiger partial charge in [-0.2, -0.15) is 5.26 Å². The third-order valence-corrected chi connectivity index (χ3v) is 13.8. The molecule has 7 heteroatoms. The van der Waals surface area contributed by atoms with E-state index in [1.807, 2.05) is 60.7 Å². The van der Waals surface area contributed by atoms with Crippen LogP contribution in [0.15, 0.2) is 182 Å². The number of hydrogen-bond acceptors (Lipinski definition) is 7.